The zero-order chi connectivity index (χ0) is 16.8. The van der Waals surface area contributed by atoms with Gasteiger partial charge in [0.15, 0.2) is 0 Å². The van der Waals surface area contributed by atoms with E-state index in [9.17, 15) is 0 Å². The first-order chi connectivity index (χ1) is 11.0. The molecule has 0 fully saturated rings. The van der Waals surface area contributed by atoms with Gasteiger partial charge in [-0.1, -0.05) is 44.2 Å². The number of benzene rings is 1. The Kier molecular flexibility index (Phi) is 6.22. The highest BCUT2D eigenvalue weighted by Crippen LogP contribution is 2.22. The minimum atomic E-state index is 0.917. The Morgan fingerprint density at radius 3 is 2.70 bits per heavy atom. The van der Waals surface area contributed by atoms with E-state index in [1.165, 1.54) is 5.56 Å². The van der Waals surface area contributed by atoms with Crippen LogP contribution in [0.15, 0.2) is 47.6 Å². The average molecular weight is 374 g/mol. The number of nitrogens with zero attached hydrogens (tertiary/aromatic N) is 2. The fourth-order valence-corrected chi connectivity index (χ4v) is 2.65. The molecular formula is C19H24BrN3. The molecule has 0 aliphatic heterocycles. The van der Waals surface area contributed by atoms with E-state index >= 15 is 0 Å². The summed E-state index contributed by atoms with van der Waals surface area (Å²) >= 11 is 3.53. The molecule has 0 radical (unpaired) electrons. The maximum Gasteiger partial charge on any atom is 0.128 e. The van der Waals surface area contributed by atoms with Crippen molar-refractivity contribution in [3.63, 3.8) is 0 Å². The van der Waals surface area contributed by atoms with Crippen molar-refractivity contribution in [1.82, 2.24) is 15.1 Å². The van der Waals surface area contributed by atoms with Gasteiger partial charge in [-0.05, 0) is 59.0 Å². The van der Waals surface area contributed by atoms with Crippen LogP contribution in [0.2, 0.25) is 0 Å². The first-order valence-corrected chi connectivity index (χ1v) is 8.74. The third-order valence-electron chi connectivity index (χ3n) is 3.82. The van der Waals surface area contributed by atoms with E-state index < -0.39 is 0 Å². The normalized spacial score (nSPS) is 11.6. The van der Waals surface area contributed by atoms with Crippen molar-refractivity contribution in [3.05, 3.63) is 64.4 Å². The van der Waals surface area contributed by atoms with E-state index in [0.717, 1.165) is 46.5 Å². The highest BCUT2D eigenvalue weighted by Gasteiger charge is 2.09. The highest BCUT2D eigenvalue weighted by atomic mass is 79.9. The lowest BCUT2D eigenvalue weighted by molar-refractivity contribution is 0.700. The minimum Gasteiger partial charge on any atom is -0.370 e. The molecule has 0 saturated carbocycles. The summed E-state index contributed by atoms with van der Waals surface area (Å²) in [7, 11) is 0. The van der Waals surface area contributed by atoms with Crippen LogP contribution in [0.5, 0.6) is 0 Å². The molecule has 0 bridgehead atoms. The Balaban J connectivity index is 2.34. The fraction of sp³-hybridized carbons (Fsp3) is 0.316. The van der Waals surface area contributed by atoms with Crippen molar-refractivity contribution in [1.29, 1.82) is 0 Å². The van der Waals surface area contributed by atoms with Crippen LogP contribution in [-0.4, -0.2) is 16.3 Å². The quantitative estimate of drug-likeness (QED) is 0.536. The summed E-state index contributed by atoms with van der Waals surface area (Å²) in [6, 6.07) is 8.30. The van der Waals surface area contributed by atoms with Crippen molar-refractivity contribution in [2.75, 3.05) is 6.54 Å². The zero-order valence-electron chi connectivity index (χ0n) is 14.1. The van der Waals surface area contributed by atoms with E-state index in [-0.39, 0.29) is 0 Å². The molecular weight excluding hydrogens is 350 g/mol. The molecule has 0 amide bonds. The van der Waals surface area contributed by atoms with Crippen LogP contribution >= 0.6 is 15.9 Å². The second kappa shape index (κ2) is 8.16. The number of hydrogen-bond donors (Lipinski definition) is 1. The SMILES string of the molecule is C=C(/C=C(/NCCCC)n1ncc(Br)c1C)c1ccccc1C. The van der Waals surface area contributed by atoms with Gasteiger partial charge in [-0.2, -0.15) is 5.10 Å². The van der Waals surface area contributed by atoms with Gasteiger partial charge in [-0.3, -0.25) is 0 Å². The number of allylic oxidation sites excluding steroid dienone is 2. The largest absolute Gasteiger partial charge is 0.370 e. The monoisotopic (exact) mass is 373 g/mol. The maximum absolute atomic E-state index is 4.46. The summed E-state index contributed by atoms with van der Waals surface area (Å²) in [6.07, 6.45) is 6.17. The molecule has 1 aromatic carbocycles. The number of hydrogen-bond acceptors (Lipinski definition) is 2. The molecule has 0 aliphatic carbocycles. The van der Waals surface area contributed by atoms with Gasteiger partial charge in [-0.15, -0.1) is 0 Å². The van der Waals surface area contributed by atoms with E-state index in [2.05, 4.69) is 65.0 Å². The smallest absolute Gasteiger partial charge is 0.128 e. The molecule has 0 saturated heterocycles. The van der Waals surface area contributed by atoms with Crippen LogP contribution in [0.1, 0.15) is 36.6 Å². The molecule has 4 heteroatoms. The molecule has 122 valence electrons. The van der Waals surface area contributed by atoms with Gasteiger partial charge in [-0.25, -0.2) is 4.68 Å². The van der Waals surface area contributed by atoms with E-state index in [0.29, 0.717) is 0 Å². The molecule has 1 heterocycles. The second-order valence-electron chi connectivity index (χ2n) is 5.64. The van der Waals surface area contributed by atoms with E-state index in [1.54, 1.807) is 0 Å². The van der Waals surface area contributed by atoms with Crippen LogP contribution in [-0.2, 0) is 0 Å². The Morgan fingerprint density at radius 2 is 2.09 bits per heavy atom. The molecule has 0 spiro atoms. The molecule has 0 unspecified atom stereocenters. The van der Waals surface area contributed by atoms with E-state index in [1.807, 2.05) is 29.9 Å². The Morgan fingerprint density at radius 1 is 1.35 bits per heavy atom. The summed E-state index contributed by atoms with van der Waals surface area (Å²) in [4.78, 5) is 0. The zero-order valence-corrected chi connectivity index (χ0v) is 15.7. The summed E-state index contributed by atoms with van der Waals surface area (Å²) in [5, 5.41) is 7.95. The predicted molar refractivity (Wildman–Crippen MR) is 102 cm³/mol. The molecule has 2 rings (SSSR count). The molecule has 1 N–H and O–H groups in total. The third-order valence-corrected chi connectivity index (χ3v) is 4.60. The predicted octanol–water partition coefficient (Wildman–Crippen LogP) is 5.16. The number of unbranched alkanes of at least 4 members (excludes halogenated alkanes) is 1. The lowest BCUT2D eigenvalue weighted by atomic mass is 10.0. The van der Waals surface area contributed by atoms with Crippen LogP contribution in [0.3, 0.4) is 0 Å². The van der Waals surface area contributed by atoms with Gasteiger partial charge in [0.1, 0.15) is 5.82 Å². The van der Waals surface area contributed by atoms with E-state index in [4.69, 9.17) is 0 Å². The molecule has 3 nitrogen and oxygen atoms in total. The maximum atomic E-state index is 4.46. The summed E-state index contributed by atoms with van der Waals surface area (Å²) in [6.45, 7) is 11.5. The Labute approximate surface area is 147 Å². The van der Waals surface area contributed by atoms with Crippen molar-refractivity contribution in [2.45, 2.75) is 33.6 Å². The molecule has 1 aromatic heterocycles. The van der Waals surface area contributed by atoms with Crippen LogP contribution in [0, 0.1) is 13.8 Å². The van der Waals surface area contributed by atoms with Gasteiger partial charge in [0, 0.05) is 6.54 Å². The number of aryl methyl sites for hydroxylation is 1. The molecule has 2 aromatic rings. The summed E-state index contributed by atoms with van der Waals surface area (Å²) < 4.78 is 2.92. The van der Waals surface area contributed by atoms with Crippen LogP contribution in [0.25, 0.3) is 11.4 Å². The molecule has 0 atom stereocenters. The van der Waals surface area contributed by atoms with Crippen molar-refractivity contribution in [2.24, 2.45) is 0 Å². The number of rotatable bonds is 7. The van der Waals surface area contributed by atoms with Crippen LogP contribution < -0.4 is 5.32 Å². The van der Waals surface area contributed by atoms with Gasteiger partial charge in [0.05, 0.1) is 16.4 Å². The number of aromatic nitrogens is 2. The highest BCUT2D eigenvalue weighted by molar-refractivity contribution is 9.10. The fourth-order valence-electron chi connectivity index (χ4n) is 2.39. The standard InChI is InChI=1S/C19H24BrN3/c1-5-6-11-21-19(23-16(4)18(20)13-22-23)12-15(3)17-10-8-7-9-14(17)2/h7-10,12-13,21H,3,5-6,11H2,1-2,4H3/b19-12-. The van der Waals surface area contributed by atoms with Crippen LogP contribution in [0.4, 0.5) is 0 Å². The van der Waals surface area contributed by atoms with Gasteiger partial charge in [0.25, 0.3) is 0 Å². The first-order valence-electron chi connectivity index (χ1n) is 7.95. The second-order valence-corrected chi connectivity index (χ2v) is 6.49. The minimum absolute atomic E-state index is 0.917. The van der Waals surface area contributed by atoms with Crippen molar-refractivity contribution < 1.29 is 0 Å². The molecule has 0 aliphatic rings. The van der Waals surface area contributed by atoms with Gasteiger partial charge < -0.3 is 5.32 Å². The summed E-state index contributed by atoms with van der Waals surface area (Å²) in [5.74, 6) is 0.954. The van der Waals surface area contributed by atoms with Gasteiger partial charge in [0.2, 0.25) is 0 Å². The Hall–Kier alpha value is -1.81. The molecule has 23 heavy (non-hydrogen) atoms. The topological polar surface area (TPSA) is 29.9 Å². The number of halogens is 1. The summed E-state index contributed by atoms with van der Waals surface area (Å²) in [5.41, 5.74) is 4.43. The van der Waals surface area contributed by atoms with Crippen molar-refractivity contribution >= 4 is 27.3 Å². The lowest BCUT2D eigenvalue weighted by Crippen LogP contribution is -2.20. The number of nitrogens with one attached hydrogen (secondary N) is 1. The first kappa shape index (κ1) is 17.5. The average Bonchev–Trinajstić information content (AvgIpc) is 2.86. The van der Waals surface area contributed by atoms with Crippen molar-refractivity contribution in [3.8, 4) is 0 Å². The lowest BCUT2D eigenvalue weighted by Gasteiger charge is -2.14. The Bertz CT molecular complexity index is 713. The van der Waals surface area contributed by atoms with Gasteiger partial charge >= 0.3 is 0 Å². The third kappa shape index (κ3) is 4.35.